The number of rotatable bonds is 4. The van der Waals surface area contributed by atoms with E-state index in [1.807, 2.05) is 78.7 Å². The molecule has 0 fully saturated rings. The fourth-order valence-corrected chi connectivity index (χ4v) is 4.30. The van der Waals surface area contributed by atoms with Gasteiger partial charge in [0.25, 0.3) is 0 Å². The number of hydrogen-bond donors (Lipinski definition) is 0. The van der Waals surface area contributed by atoms with E-state index in [-0.39, 0.29) is 12.3 Å². The largest absolute Gasteiger partial charge is 0.494 e. The van der Waals surface area contributed by atoms with Crippen molar-refractivity contribution in [3.8, 4) is 11.5 Å². The van der Waals surface area contributed by atoms with Crippen molar-refractivity contribution < 1.29 is 9.47 Å². The summed E-state index contributed by atoms with van der Waals surface area (Å²) >= 11 is 12.4. The van der Waals surface area contributed by atoms with Gasteiger partial charge in [-0.25, -0.2) is 5.01 Å². The number of hydrazone groups is 1. The summed E-state index contributed by atoms with van der Waals surface area (Å²) in [4.78, 5) is 0. The highest BCUT2D eigenvalue weighted by Crippen LogP contribution is 2.48. The summed E-state index contributed by atoms with van der Waals surface area (Å²) in [6.07, 6.45) is 0.440. The second-order valence-corrected chi connectivity index (χ2v) is 8.18. The summed E-state index contributed by atoms with van der Waals surface area (Å²) in [5.74, 6) is 1.68. The molecule has 0 saturated carbocycles. The molecule has 5 rings (SSSR count). The molecule has 2 heterocycles. The first kappa shape index (κ1) is 19.3. The fraction of sp³-hybridized carbons (Fsp3) is 0.208. The molecule has 3 aromatic rings. The Balaban J connectivity index is 1.55. The highest BCUT2D eigenvalue weighted by atomic mass is 35.5. The maximum Gasteiger partial charge on any atom is 0.213 e. The summed E-state index contributed by atoms with van der Waals surface area (Å²) in [6.45, 7) is 2.61. The van der Waals surface area contributed by atoms with Crippen LogP contribution in [-0.2, 0) is 0 Å². The minimum Gasteiger partial charge on any atom is -0.494 e. The van der Waals surface area contributed by atoms with Gasteiger partial charge < -0.3 is 9.47 Å². The lowest BCUT2D eigenvalue weighted by molar-refractivity contribution is -0.0190. The molecule has 3 aromatic carbocycles. The molecule has 0 radical (unpaired) electrons. The van der Waals surface area contributed by atoms with E-state index in [1.165, 1.54) is 0 Å². The Bertz CT molecular complexity index is 1100. The molecule has 2 aliphatic heterocycles. The number of ether oxygens (including phenoxy) is 2. The van der Waals surface area contributed by atoms with Gasteiger partial charge in [-0.2, -0.15) is 5.10 Å². The third-order valence-corrected chi connectivity index (χ3v) is 5.89. The maximum absolute atomic E-state index is 6.39. The van der Waals surface area contributed by atoms with Crippen molar-refractivity contribution in [3.63, 3.8) is 0 Å². The van der Waals surface area contributed by atoms with E-state index in [4.69, 9.17) is 37.8 Å². The average Bonchev–Trinajstić information content (AvgIpc) is 3.20. The third-order valence-electron chi connectivity index (χ3n) is 5.41. The van der Waals surface area contributed by atoms with Crippen molar-refractivity contribution in [2.75, 3.05) is 6.61 Å². The minimum absolute atomic E-state index is 0.0506. The van der Waals surface area contributed by atoms with E-state index in [0.717, 1.165) is 40.3 Å². The zero-order chi connectivity index (χ0) is 20.7. The lowest BCUT2D eigenvalue weighted by atomic mass is 9.96. The summed E-state index contributed by atoms with van der Waals surface area (Å²) < 4.78 is 12.0. The van der Waals surface area contributed by atoms with Crippen LogP contribution in [0.2, 0.25) is 10.0 Å². The van der Waals surface area contributed by atoms with Crippen LogP contribution in [-0.4, -0.2) is 17.3 Å². The summed E-state index contributed by atoms with van der Waals surface area (Å²) in [7, 11) is 0. The molecular weight excluding hydrogens is 419 g/mol. The first-order chi connectivity index (χ1) is 14.6. The Morgan fingerprint density at radius 2 is 1.73 bits per heavy atom. The van der Waals surface area contributed by atoms with Gasteiger partial charge in [-0.05, 0) is 67.1 Å². The molecule has 4 nitrogen and oxygen atoms in total. The smallest absolute Gasteiger partial charge is 0.213 e. The number of halogens is 2. The standard InChI is InChI=1S/C24H20Cl2N2O2/c1-2-29-19-10-5-16(6-11-19)24-28-22(20-13-18(26)9-12-23(20)30-24)14-21(27-28)15-3-7-17(25)8-4-15/h3-13,22,24H,2,14H2,1H3/t22-,24-/m0/s1. The molecule has 0 saturated heterocycles. The molecule has 0 spiro atoms. The van der Waals surface area contributed by atoms with Crippen molar-refractivity contribution in [3.05, 3.63) is 93.5 Å². The van der Waals surface area contributed by atoms with Gasteiger partial charge in [0.15, 0.2) is 0 Å². The van der Waals surface area contributed by atoms with Gasteiger partial charge >= 0.3 is 0 Å². The summed E-state index contributed by atoms with van der Waals surface area (Å²) in [5, 5.41) is 8.40. The van der Waals surface area contributed by atoms with E-state index in [0.29, 0.717) is 16.7 Å². The highest BCUT2D eigenvalue weighted by Gasteiger charge is 2.41. The molecule has 0 bridgehead atoms. The van der Waals surface area contributed by atoms with E-state index < -0.39 is 0 Å². The average molecular weight is 439 g/mol. The van der Waals surface area contributed by atoms with Gasteiger partial charge in [-0.1, -0.05) is 35.3 Å². The van der Waals surface area contributed by atoms with E-state index in [9.17, 15) is 0 Å². The second kappa shape index (κ2) is 7.86. The summed E-state index contributed by atoms with van der Waals surface area (Å²) in [6, 6.07) is 21.6. The van der Waals surface area contributed by atoms with Crippen molar-refractivity contribution in [2.24, 2.45) is 5.10 Å². The van der Waals surface area contributed by atoms with Crippen molar-refractivity contribution >= 4 is 28.9 Å². The zero-order valence-electron chi connectivity index (χ0n) is 16.4. The molecule has 0 aliphatic carbocycles. The monoisotopic (exact) mass is 438 g/mol. The van der Waals surface area contributed by atoms with Crippen LogP contribution in [0, 0.1) is 0 Å². The SMILES string of the molecule is CCOc1ccc([C@@H]2Oc3ccc(Cl)cc3[C@@H]3CC(c4ccc(Cl)cc4)=NN32)cc1. The Hall–Kier alpha value is -2.69. The topological polar surface area (TPSA) is 34.1 Å². The van der Waals surface area contributed by atoms with Gasteiger partial charge in [0.05, 0.1) is 18.4 Å². The predicted octanol–water partition coefficient (Wildman–Crippen LogP) is 6.63. The van der Waals surface area contributed by atoms with E-state index >= 15 is 0 Å². The number of nitrogens with zero attached hydrogens (tertiary/aromatic N) is 2. The van der Waals surface area contributed by atoms with Gasteiger partial charge in [-0.3, -0.25) is 0 Å². The predicted molar refractivity (Wildman–Crippen MR) is 120 cm³/mol. The normalized spacial score (nSPS) is 19.6. The lowest BCUT2D eigenvalue weighted by Gasteiger charge is -2.38. The Kier molecular flexibility index (Phi) is 5.05. The van der Waals surface area contributed by atoms with Crippen LogP contribution in [0.3, 0.4) is 0 Å². The van der Waals surface area contributed by atoms with Crippen LogP contribution in [0.4, 0.5) is 0 Å². The molecule has 0 amide bonds. The highest BCUT2D eigenvalue weighted by molar-refractivity contribution is 6.31. The molecular formula is C24H20Cl2N2O2. The van der Waals surface area contributed by atoms with Crippen LogP contribution in [0.15, 0.2) is 71.8 Å². The number of fused-ring (bicyclic) bond motifs is 3. The third kappa shape index (κ3) is 3.51. The van der Waals surface area contributed by atoms with Gasteiger partial charge in [-0.15, -0.1) is 0 Å². The van der Waals surface area contributed by atoms with Gasteiger partial charge in [0.2, 0.25) is 6.23 Å². The Labute approximate surface area is 185 Å². The molecule has 152 valence electrons. The van der Waals surface area contributed by atoms with Crippen LogP contribution in [0.5, 0.6) is 11.5 Å². The van der Waals surface area contributed by atoms with Crippen molar-refractivity contribution in [1.82, 2.24) is 5.01 Å². The number of benzene rings is 3. The van der Waals surface area contributed by atoms with Gasteiger partial charge in [0, 0.05) is 27.6 Å². The zero-order valence-corrected chi connectivity index (χ0v) is 17.9. The number of hydrogen-bond acceptors (Lipinski definition) is 4. The van der Waals surface area contributed by atoms with Crippen LogP contribution in [0.25, 0.3) is 0 Å². The maximum atomic E-state index is 6.39. The molecule has 0 unspecified atom stereocenters. The van der Waals surface area contributed by atoms with E-state index in [2.05, 4.69) is 0 Å². The quantitative estimate of drug-likeness (QED) is 0.457. The molecule has 2 atom stereocenters. The van der Waals surface area contributed by atoms with Crippen molar-refractivity contribution in [2.45, 2.75) is 25.6 Å². The van der Waals surface area contributed by atoms with Crippen molar-refractivity contribution in [1.29, 1.82) is 0 Å². The lowest BCUT2D eigenvalue weighted by Crippen LogP contribution is -2.33. The summed E-state index contributed by atoms with van der Waals surface area (Å²) in [5.41, 5.74) is 4.13. The van der Waals surface area contributed by atoms with Crippen LogP contribution < -0.4 is 9.47 Å². The fourth-order valence-electron chi connectivity index (χ4n) is 3.99. The first-order valence-electron chi connectivity index (χ1n) is 9.93. The molecule has 6 heteroatoms. The Morgan fingerprint density at radius 3 is 2.47 bits per heavy atom. The van der Waals surface area contributed by atoms with Crippen LogP contribution >= 0.6 is 23.2 Å². The molecule has 2 aliphatic rings. The molecule has 0 aromatic heterocycles. The second-order valence-electron chi connectivity index (χ2n) is 7.31. The minimum atomic E-state index is -0.329. The van der Waals surface area contributed by atoms with Gasteiger partial charge in [0.1, 0.15) is 11.5 Å². The molecule has 0 N–H and O–H groups in total. The van der Waals surface area contributed by atoms with Crippen LogP contribution in [0.1, 0.15) is 42.3 Å². The first-order valence-corrected chi connectivity index (χ1v) is 10.7. The molecule has 30 heavy (non-hydrogen) atoms. The Morgan fingerprint density at radius 1 is 1.00 bits per heavy atom. The van der Waals surface area contributed by atoms with E-state index in [1.54, 1.807) is 0 Å².